The molecule has 0 aliphatic carbocycles. The van der Waals surface area contributed by atoms with E-state index in [9.17, 15) is 9.59 Å². The van der Waals surface area contributed by atoms with Crippen molar-refractivity contribution < 1.29 is 28.6 Å². The van der Waals surface area contributed by atoms with Crippen LogP contribution in [0.25, 0.3) is 0 Å². The molecule has 2 saturated heterocycles. The van der Waals surface area contributed by atoms with Gasteiger partial charge < -0.3 is 14.2 Å². The highest BCUT2D eigenvalue weighted by Gasteiger charge is 2.47. The van der Waals surface area contributed by atoms with Gasteiger partial charge in [0.1, 0.15) is 24.9 Å². The second-order valence-electron chi connectivity index (χ2n) is 6.34. The van der Waals surface area contributed by atoms with E-state index in [1.54, 1.807) is 0 Å². The van der Waals surface area contributed by atoms with E-state index in [1.165, 1.54) is 13.8 Å². The van der Waals surface area contributed by atoms with Crippen LogP contribution < -0.4 is 0 Å². The summed E-state index contributed by atoms with van der Waals surface area (Å²) < 4.78 is 16.4. The Morgan fingerprint density at radius 3 is 2.64 bits per heavy atom. The van der Waals surface area contributed by atoms with Crippen molar-refractivity contribution in [2.24, 2.45) is 0 Å². The monoisotopic (exact) mass is 349 g/mol. The van der Waals surface area contributed by atoms with Crippen LogP contribution in [0.15, 0.2) is 30.3 Å². The number of ether oxygens (including phenoxy) is 3. The third-order valence-corrected chi connectivity index (χ3v) is 4.33. The summed E-state index contributed by atoms with van der Waals surface area (Å²) in [6.45, 7) is 3.71. The fourth-order valence-corrected chi connectivity index (χ4v) is 3.28. The van der Waals surface area contributed by atoms with Crippen LogP contribution in [0.4, 0.5) is 0 Å². The van der Waals surface area contributed by atoms with Gasteiger partial charge in [0.05, 0.1) is 12.6 Å². The molecule has 0 amide bonds. The number of hydrogen-bond donors (Lipinski definition) is 0. The molecule has 0 radical (unpaired) electrons. The minimum atomic E-state index is -0.562. The Hall–Kier alpha value is -1.96. The molecule has 0 N–H and O–H groups in total. The molecular weight excluding hydrogens is 326 g/mol. The lowest BCUT2D eigenvalue weighted by Crippen LogP contribution is -2.50. The number of benzene rings is 1. The molecule has 2 aliphatic heterocycles. The first-order chi connectivity index (χ1) is 12.0. The molecule has 136 valence electrons. The topological polar surface area (TPSA) is 74.3 Å². The van der Waals surface area contributed by atoms with Crippen LogP contribution >= 0.6 is 0 Å². The highest BCUT2D eigenvalue weighted by atomic mass is 16.7. The molecule has 7 nitrogen and oxygen atoms in total. The summed E-state index contributed by atoms with van der Waals surface area (Å²) in [5.41, 5.74) is 1.10. The van der Waals surface area contributed by atoms with E-state index < -0.39 is 24.1 Å². The van der Waals surface area contributed by atoms with Crippen molar-refractivity contribution in [2.75, 3.05) is 13.2 Å². The van der Waals surface area contributed by atoms with Gasteiger partial charge >= 0.3 is 11.9 Å². The van der Waals surface area contributed by atoms with E-state index in [0.717, 1.165) is 5.56 Å². The summed E-state index contributed by atoms with van der Waals surface area (Å²) in [5.74, 6) is -0.789. The van der Waals surface area contributed by atoms with Crippen molar-refractivity contribution in [2.45, 2.75) is 51.2 Å². The van der Waals surface area contributed by atoms with Gasteiger partial charge in [0.25, 0.3) is 0 Å². The Bertz CT molecular complexity index is 607. The SMILES string of the molecule is CC(=O)OC[C@@H]1OC[C@H]2C[C@@H]([C@H]1OC(C)=O)N(Cc1ccccc1)O2. The fraction of sp³-hybridized carbons (Fsp3) is 0.556. The number of carbonyl (C=O) groups is 2. The second kappa shape index (κ2) is 7.95. The van der Waals surface area contributed by atoms with Gasteiger partial charge in [-0.3, -0.25) is 14.4 Å². The van der Waals surface area contributed by atoms with Crippen molar-refractivity contribution in [3.63, 3.8) is 0 Å². The molecule has 4 atom stereocenters. The van der Waals surface area contributed by atoms with Crippen LogP contribution in [0.5, 0.6) is 0 Å². The summed E-state index contributed by atoms with van der Waals surface area (Å²) in [5, 5.41) is 1.86. The normalized spacial score (nSPS) is 29.0. The lowest BCUT2D eigenvalue weighted by molar-refractivity contribution is -0.235. The second-order valence-corrected chi connectivity index (χ2v) is 6.34. The summed E-state index contributed by atoms with van der Waals surface area (Å²) in [6.07, 6.45) is -0.478. The minimum absolute atomic E-state index is 0.0513. The molecule has 3 rings (SSSR count). The van der Waals surface area contributed by atoms with E-state index in [-0.39, 0.29) is 18.8 Å². The van der Waals surface area contributed by atoms with Crippen molar-refractivity contribution in [3.8, 4) is 0 Å². The third kappa shape index (κ3) is 4.56. The van der Waals surface area contributed by atoms with Crippen molar-refractivity contribution in [1.82, 2.24) is 5.06 Å². The van der Waals surface area contributed by atoms with Crippen LogP contribution in [-0.2, 0) is 35.2 Å². The van der Waals surface area contributed by atoms with Crippen molar-refractivity contribution in [3.05, 3.63) is 35.9 Å². The van der Waals surface area contributed by atoms with Crippen LogP contribution in [0.1, 0.15) is 25.8 Å². The number of fused-ring (bicyclic) bond motifs is 2. The van der Waals surface area contributed by atoms with Crippen LogP contribution in [0.2, 0.25) is 0 Å². The van der Waals surface area contributed by atoms with E-state index in [1.807, 2.05) is 35.4 Å². The first kappa shape index (κ1) is 17.8. The average molecular weight is 349 g/mol. The Balaban J connectivity index is 1.77. The van der Waals surface area contributed by atoms with Gasteiger partial charge in [0, 0.05) is 20.4 Å². The maximum absolute atomic E-state index is 11.6. The quantitative estimate of drug-likeness (QED) is 0.745. The first-order valence-electron chi connectivity index (χ1n) is 8.42. The highest BCUT2D eigenvalue weighted by Crippen LogP contribution is 2.32. The smallest absolute Gasteiger partial charge is 0.303 e. The minimum Gasteiger partial charge on any atom is -0.463 e. The Morgan fingerprint density at radius 1 is 1.20 bits per heavy atom. The number of carbonyl (C=O) groups excluding carboxylic acids is 2. The Labute approximate surface area is 146 Å². The lowest BCUT2D eigenvalue weighted by atomic mass is 10.0. The zero-order chi connectivity index (χ0) is 17.8. The summed E-state index contributed by atoms with van der Waals surface area (Å²) in [6, 6.07) is 9.79. The number of rotatable bonds is 5. The average Bonchev–Trinajstić information content (AvgIpc) is 2.87. The molecule has 7 heteroatoms. The predicted molar refractivity (Wildman–Crippen MR) is 87.2 cm³/mol. The molecule has 0 aromatic heterocycles. The largest absolute Gasteiger partial charge is 0.463 e. The van der Waals surface area contributed by atoms with E-state index in [4.69, 9.17) is 19.0 Å². The number of hydroxylamine groups is 2. The van der Waals surface area contributed by atoms with Gasteiger partial charge in [-0.2, -0.15) is 5.06 Å². The number of esters is 2. The summed E-state index contributed by atoms with van der Waals surface area (Å²) in [7, 11) is 0. The Kier molecular flexibility index (Phi) is 5.67. The van der Waals surface area contributed by atoms with Crippen LogP contribution in [0.3, 0.4) is 0 Å². The molecular formula is C18H23NO6. The molecule has 2 fully saturated rings. The molecule has 2 aliphatic rings. The molecule has 0 unspecified atom stereocenters. The van der Waals surface area contributed by atoms with Crippen molar-refractivity contribution in [1.29, 1.82) is 0 Å². The van der Waals surface area contributed by atoms with E-state index in [0.29, 0.717) is 19.6 Å². The molecule has 0 spiro atoms. The molecule has 2 bridgehead atoms. The standard InChI is InChI=1S/C18H23NO6/c1-12(20)22-11-17-18(24-13(2)21)16-8-15(10-23-17)25-19(16)9-14-6-4-3-5-7-14/h3-7,15-18H,8-11H2,1-2H3/t15-,16+,17+,18-/m1/s1. The maximum Gasteiger partial charge on any atom is 0.303 e. The van der Waals surface area contributed by atoms with Gasteiger partial charge in [-0.1, -0.05) is 30.3 Å². The molecule has 1 aromatic rings. The molecule has 0 saturated carbocycles. The summed E-state index contributed by atoms with van der Waals surface area (Å²) in [4.78, 5) is 28.7. The lowest BCUT2D eigenvalue weighted by Gasteiger charge is -2.34. The maximum atomic E-state index is 11.6. The molecule has 25 heavy (non-hydrogen) atoms. The van der Waals surface area contributed by atoms with Gasteiger partial charge in [-0.05, 0) is 12.0 Å². The number of nitrogens with zero attached hydrogens (tertiary/aromatic N) is 1. The summed E-state index contributed by atoms with van der Waals surface area (Å²) >= 11 is 0. The predicted octanol–water partition coefficient (Wildman–Crippen LogP) is 1.45. The van der Waals surface area contributed by atoms with Gasteiger partial charge in [0.2, 0.25) is 0 Å². The highest BCUT2D eigenvalue weighted by molar-refractivity contribution is 5.66. The molecule has 2 heterocycles. The van der Waals surface area contributed by atoms with Crippen molar-refractivity contribution >= 4 is 11.9 Å². The fourth-order valence-electron chi connectivity index (χ4n) is 3.28. The van der Waals surface area contributed by atoms with Gasteiger partial charge in [-0.25, -0.2) is 0 Å². The first-order valence-corrected chi connectivity index (χ1v) is 8.42. The third-order valence-electron chi connectivity index (χ3n) is 4.33. The van der Waals surface area contributed by atoms with E-state index in [2.05, 4.69) is 0 Å². The zero-order valence-electron chi connectivity index (χ0n) is 14.4. The van der Waals surface area contributed by atoms with E-state index >= 15 is 0 Å². The Morgan fingerprint density at radius 2 is 1.96 bits per heavy atom. The molecule has 1 aromatic carbocycles. The van der Waals surface area contributed by atoms with Crippen LogP contribution in [-0.4, -0.2) is 54.6 Å². The zero-order valence-corrected chi connectivity index (χ0v) is 14.4. The van der Waals surface area contributed by atoms with Crippen LogP contribution in [0, 0.1) is 0 Å². The number of hydrogen-bond acceptors (Lipinski definition) is 7. The van der Waals surface area contributed by atoms with Gasteiger partial charge in [-0.15, -0.1) is 0 Å². The van der Waals surface area contributed by atoms with Gasteiger partial charge in [0.15, 0.2) is 0 Å².